The highest BCUT2D eigenvalue weighted by Crippen LogP contribution is 2.16. The van der Waals surface area contributed by atoms with E-state index in [1.54, 1.807) is 0 Å². The molecule has 0 bridgehead atoms. The van der Waals surface area contributed by atoms with Gasteiger partial charge in [-0.3, -0.25) is 4.90 Å². The highest BCUT2D eigenvalue weighted by atomic mass is 16.5. The fourth-order valence-electron chi connectivity index (χ4n) is 2.48. The first-order chi connectivity index (χ1) is 9.31. The van der Waals surface area contributed by atoms with Gasteiger partial charge in [0.15, 0.2) is 0 Å². The average molecular weight is 264 g/mol. The van der Waals surface area contributed by atoms with Crippen molar-refractivity contribution in [2.24, 2.45) is 5.73 Å². The summed E-state index contributed by atoms with van der Waals surface area (Å²) in [6.07, 6.45) is 2.57. The van der Waals surface area contributed by atoms with E-state index >= 15 is 0 Å². The van der Waals surface area contributed by atoms with Crippen LogP contribution >= 0.6 is 0 Å². The van der Waals surface area contributed by atoms with Gasteiger partial charge in [0.1, 0.15) is 0 Å². The van der Waals surface area contributed by atoms with Crippen molar-refractivity contribution in [1.82, 2.24) is 4.90 Å². The fourth-order valence-corrected chi connectivity index (χ4v) is 2.48. The van der Waals surface area contributed by atoms with Crippen LogP contribution in [0.4, 0.5) is 0 Å². The maximum atomic E-state index is 9.02. The summed E-state index contributed by atoms with van der Waals surface area (Å²) in [7, 11) is 0. The Bertz CT molecular complexity index is 359. The number of piperidine rings is 1. The number of hydrogen-bond donors (Lipinski definition) is 2. The third kappa shape index (κ3) is 4.58. The van der Waals surface area contributed by atoms with Crippen molar-refractivity contribution in [3.63, 3.8) is 0 Å². The first-order valence-corrected chi connectivity index (χ1v) is 7.04. The number of rotatable bonds is 6. The van der Waals surface area contributed by atoms with Crippen LogP contribution in [-0.4, -0.2) is 42.4 Å². The van der Waals surface area contributed by atoms with Gasteiger partial charge in [0.05, 0.1) is 19.3 Å². The summed E-state index contributed by atoms with van der Waals surface area (Å²) >= 11 is 0. The number of aliphatic hydroxyl groups excluding tert-OH is 1. The van der Waals surface area contributed by atoms with Gasteiger partial charge in [-0.25, -0.2) is 0 Å². The molecule has 0 radical (unpaired) electrons. The van der Waals surface area contributed by atoms with Crippen molar-refractivity contribution < 1.29 is 9.84 Å². The molecule has 1 saturated heterocycles. The van der Waals surface area contributed by atoms with E-state index in [1.165, 1.54) is 5.56 Å². The molecule has 106 valence electrons. The Morgan fingerprint density at radius 2 is 1.79 bits per heavy atom. The second-order valence-corrected chi connectivity index (χ2v) is 5.11. The van der Waals surface area contributed by atoms with Crippen molar-refractivity contribution in [3.05, 3.63) is 35.4 Å². The van der Waals surface area contributed by atoms with Crippen LogP contribution in [-0.2, 0) is 17.9 Å². The van der Waals surface area contributed by atoms with Crippen molar-refractivity contribution >= 4 is 0 Å². The Kier molecular flexibility index (Phi) is 5.79. The van der Waals surface area contributed by atoms with E-state index < -0.39 is 0 Å². The van der Waals surface area contributed by atoms with Crippen LogP contribution in [0.25, 0.3) is 0 Å². The highest BCUT2D eigenvalue weighted by molar-refractivity contribution is 5.21. The summed E-state index contributed by atoms with van der Waals surface area (Å²) in [6, 6.07) is 8.18. The molecule has 0 spiro atoms. The maximum Gasteiger partial charge on any atom is 0.0681 e. The van der Waals surface area contributed by atoms with Gasteiger partial charge in [-0.05, 0) is 24.0 Å². The Hall–Kier alpha value is -0.940. The van der Waals surface area contributed by atoms with Crippen molar-refractivity contribution in [2.75, 3.05) is 26.2 Å². The van der Waals surface area contributed by atoms with Crippen LogP contribution < -0.4 is 5.73 Å². The van der Waals surface area contributed by atoms with Gasteiger partial charge in [0.2, 0.25) is 0 Å². The lowest BCUT2D eigenvalue weighted by Crippen LogP contribution is -2.37. The molecule has 1 aliphatic heterocycles. The third-order valence-electron chi connectivity index (χ3n) is 3.62. The van der Waals surface area contributed by atoms with Gasteiger partial charge in [-0.2, -0.15) is 0 Å². The molecule has 4 heteroatoms. The molecule has 1 aromatic carbocycles. The number of benzene rings is 1. The molecule has 1 heterocycles. The van der Waals surface area contributed by atoms with Crippen LogP contribution in [0.3, 0.4) is 0 Å². The summed E-state index contributed by atoms with van der Waals surface area (Å²) in [6.45, 7) is 4.54. The molecule has 19 heavy (non-hydrogen) atoms. The Morgan fingerprint density at radius 3 is 2.37 bits per heavy atom. The SMILES string of the molecule is NCCOC1CCN(Cc2ccc(CO)cc2)CC1. The summed E-state index contributed by atoms with van der Waals surface area (Å²) < 4.78 is 5.68. The van der Waals surface area contributed by atoms with E-state index in [0.29, 0.717) is 19.3 Å². The van der Waals surface area contributed by atoms with E-state index in [1.807, 2.05) is 12.1 Å². The molecule has 1 aliphatic rings. The zero-order chi connectivity index (χ0) is 13.5. The summed E-state index contributed by atoms with van der Waals surface area (Å²) in [5, 5.41) is 9.02. The second-order valence-electron chi connectivity index (χ2n) is 5.11. The molecule has 3 N–H and O–H groups in total. The lowest BCUT2D eigenvalue weighted by Gasteiger charge is -2.31. The van der Waals surface area contributed by atoms with Gasteiger partial charge >= 0.3 is 0 Å². The first kappa shape index (κ1) is 14.5. The van der Waals surface area contributed by atoms with Crippen LogP contribution in [0, 0.1) is 0 Å². The number of nitrogens with zero attached hydrogens (tertiary/aromatic N) is 1. The number of ether oxygens (including phenoxy) is 1. The molecule has 0 atom stereocenters. The largest absolute Gasteiger partial charge is 0.392 e. The first-order valence-electron chi connectivity index (χ1n) is 7.04. The number of likely N-dealkylation sites (tertiary alicyclic amines) is 1. The predicted octanol–water partition coefficient (Wildman–Crippen LogP) is 1.12. The summed E-state index contributed by atoms with van der Waals surface area (Å²) in [5.74, 6) is 0. The van der Waals surface area contributed by atoms with E-state index in [4.69, 9.17) is 15.6 Å². The van der Waals surface area contributed by atoms with E-state index in [0.717, 1.165) is 38.0 Å². The minimum atomic E-state index is 0.115. The van der Waals surface area contributed by atoms with Crippen molar-refractivity contribution in [1.29, 1.82) is 0 Å². The molecule has 0 amide bonds. The topological polar surface area (TPSA) is 58.7 Å². The quantitative estimate of drug-likeness (QED) is 0.808. The van der Waals surface area contributed by atoms with Gasteiger partial charge in [0, 0.05) is 26.2 Å². The molecule has 0 aliphatic carbocycles. The molecule has 2 rings (SSSR count). The van der Waals surface area contributed by atoms with Gasteiger partial charge < -0.3 is 15.6 Å². The molecular formula is C15H24N2O2. The molecule has 4 nitrogen and oxygen atoms in total. The van der Waals surface area contributed by atoms with Crippen molar-refractivity contribution in [3.8, 4) is 0 Å². The average Bonchev–Trinajstić information content (AvgIpc) is 2.47. The van der Waals surface area contributed by atoms with E-state index in [2.05, 4.69) is 17.0 Å². The van der Waals surface area contributed by atoms with Crippen LogP contribution in [0.5, 0.6) is 0 Å². The minimum absolute atomic E-state index is 0.115. The molecule has 0 unspecified atom stereocenters. The monoisotopic (exact) mass is 264 g/mol. The van der Waals surface area contributed by atoms with Gasteiger partial charge in [-0.1, -0.05) is 24.3 Å². The fraction of sp³-hybridized carbons (Fsp3) is 0.600. The lowest BCUT2D eigenvalue weighted by molar-refractivity contribution is 0.00978. The van der Waals surface area contributed by atoms with Crippen LogP contribution in [0.2, 0.25) is 0 Å². The highest BCUT2D eigenvalue weighted by Gasteiger charge is 2.19. The molecule has 0 saturated carbocycles. The molecule has 0 aromatic heterocycles. The third-order valence-corrected chi connectivity index (χ3v) is 3.62. The normalized spacial score (nSPS) is 17.8. The summed E-state index contributed by atoms with van der Waals surface area (Å²) in [5.41, 5.74) is 7.72. The van der Waals surface area contributed by atoms with Crippen LogP contribution in [0.1, 0.15) is 24.0 Å². The van der Waals surface area contributed by atoms with E-state index in [-0.39, 0.29) is 6.61 Å². The lowest BCUT2D eigenvalue weighted by atomic mass is 10.1. The Balaban J connectivity index is 1.75. The smallest absolute Gasteiger partial charge is 0.0681 e. The zero-order valence-electron chi connectivity index (χ0n) is 11.4. The minimum Gasteiger partial charge on any atom is -0.392 e. The number of nitrogens with two attached hydrogens (primary N) is 1. The summed E-state index contributed by atoms with van der Waals surface area (Å²) in [4.78, 5) is 2.45. The number of aliphatic hydroxyl groups is 1. The van der Waals surface area contributed by atoms with Gasteiger partial charge in [0.25, 0.3) is 0 Å². The zero-order valence-corrected chi connectivity index (χ0v) is 11.4. The van der Waals surface area contributed by atoms with Crippen LogP contribution in [0.15, 0.2) is 24.3 Å². The van der Waals surface area contributed by atoms with Crippen molar-refractivity contribution in [2.45, 2.75) is 32.1 Å². The maximum absolute atomic E-state index is 9.02. The standard InChI is InChI=1S/C15H24N2O2/c16-7-10-19-15-5-8-17(9-6-15)11-13-1-3-14(12-18)4-2-13/h1-4,15,18H,5-12,16H2. The Morgan fingerprint density at radius 1 is 1.16 bits per heavy atom. The van der Waals surface area contributed by atoms with Gasteiger partial charge in [-0.15, -0.1) is 0 Å². The predicted molar refractivity (Wildman–Crippen MR) is 75.7 cm³/mol. The second kappa shape index (κ2) is 7.60. The molecule has 1 aromatic rings. The molecular weight excluding hydrogens is 240 g/mol. The molecule has 1 fully saturated rings. The van der Waals surface area contributed by atoms with E-state index in [9.17, 15) is 0 Å². The number of hydrogen-bond acceptors (Lipinski definition) is 4. The Labute approximate surface area is 115 Å².